The van der Waals surface area contributed by atoms with E-state index in [1.807, 2.05) is 30.0 Å². The van der Waals surface area contributed by atoms with Crippen LogP contribution in [0.15, 0.2) is 36.5 Å². The molecule has 1 fully saturated rings. The number of ether oxygens (including phenoxy) is 2. The number of pyridine rings is 1. The Balaban J connectivity index is 1.32. The molecule has 7 heteroatoms. The maximum atomic E-state index is 12.6. The molecular formula is C24H30N4O3. The largest absolute Gasteiger partial charge is 0.493 e. The summed E-state index contributed by atoms with van der Waals surface area (Å²) in [6, 6.07) is 9.92. The number of nitrogens with zero attached hydrogens (tertiary/aromatic N) is 4. The Hall–Kier alpha value is -3.06. The van der Waals surface area contributed by atoms with Gasteiger partial charge >= 0.3 is 0 Å². The van der Waals surface area contributed by atoms with E-state index in [0.717, 1.165) is 36.5 Å². The van der Waals surface area contributed by atoms with Gasteiger partial charge in [-0.05, 0) is 56.2 Å². The molecule has 0 atom stereocenters. The molecule has 31 heavy (non-hydrogen) atoms. The van der Waals surface area contributed by atoms with Gasteiger partial charge in [-0.2, -0.15) is 0 Å². The smallest absolute Gasteiger partial charge is 0.260 e. The normalized spacial score (nSPS) is 14.8. The molecule has 1 aliphatic rings. The maximum Gasteiger partial charge on any atom is 0.260 e. The van der Waals surface area contributed by atoms with Crippen LogP contribution in [0.1, 0.15) is 22.5 Å². The summed E-state index contributed by atoms with van der Waals surface area (Å²) < 4.78 is 13.3. The zero-order chi connectivity index (χ0) is 22.0. The highest BCUT2D eigenvalue weighted by Gasteiger charge is 2.23. The molecule has 1 amide bonds. The highest BCUT2D eigenvalue weighted by Crippen LogP contribution is 2.27. The quantitative estimate of drug-likeness (QED) is 0.611. The van der Waals surface area contributed by atoms with Gasteiger partial charge in [-0.15, -0.1) is 0 Å². The molecule has 0 bridgehead atoms. The van der Waals surface area contributed by atoms with E-state index in [2.05, 4.69) is 41.5 Å². The number of rotatable bonds is 6. The number of carbonyl (C=O) groups is 1. The van der Waals surface area contributed by atoms with Gasteiger partial charge in [-0.3, -0.25) is 9.69 Å². The second kappa shape index (κ2) is 8.98. The first-order valence-electron chi connectivity index (χ1n) is 10.7. The van der Waals surface area contributed by atoms with Gasteiger partial charge in [0.1, 0.15) is 5.65 Å². The third-order valence-corrected chi connectivity index (χ3v) is 5.85. The zero-order valence-corrected chi connectivity index (χ0v) is 18.7. The Labute approximate surface area is 183 Å². The number of imidazole rings is 1. The lowest BCUT2D eigenvalue weighted by Gasteiger charge is -2.34. The summed E-state index contributed by atoms with van der Waals surface area (Å²) in [4.78, 5) is 21.6. The van der Waals surface area contributed by atoms with Gasteiger partial charge < -0.3 is 18.8 Å². The van der Waals surface area contributed by atoms with E-state index in [1.165, 1.54) is 11.3 Å². The molecule has 2 aromatic heterocycles. The number of benzene rings is 1. The van der Waals surface area contributed by atoms with Crippen molar-refractivity contribution >= 4 is 11.6 Å². The maximum absolute atomic E-state index is 12.6. The predicted molar refractivity (Wildman–Crippen MR) is 120 cm³/mol. The second-order valence-corrected chi connectivity index (χ2v) is 8.18. The number of hydrogen-bond acceptors (Lipinski definition) is 5. The third kappa shape index (κ3) is 4.66. The van der Waals surface area contributed by atoms with Crippen molar-refractivity contribution in [1.29, 1.82) is 0 Å². The van der Waals surface area contributed by atoms with Crippen LogP contribution >= 0.6 is 0 Å². The number of amides is 1. The fourth-order valence-electron chi connectivity index (χ4n) is 4.00. The molecule has 164 valence electrons. The number of hydrogen-bond donors (Lipinski definition) is 0. The summed E-state index contributed by atoms with van der Waals surface area (Å²) in [5.74, 6) is 1.25. The molecule has 4 rings (SSSR count). The summed E-state index contributed by atoms with van der Waals surface area (Å²) in [5.41, 5.74) is 5.56. The van der Waals surface area contributed by atoms with Crippen LogP contribution in [-0.4, -0.2) is 65.0 Å². The van der Waals surface area contributed by atoms with Crippen molar-refractivity contribution in [2.75, 3.05) is 39.9 Å². The standard InChI is InChI=1S/C24H30N4O3/c1-17-5-6-21(22(13-17)30-4)31-16-24(29)27-11-9-26(10-12-27)15-20-19(3)25-23-14-18(2)7-8-28(20)23/h5-8,13-14H,9-12,15-16H2,1-4H3. The van der Waals surface area contributed by atoms with Gasteiger partial charge in [0, 0.05) is 38.9 Å². The van der Waals surface area contributed by atoms with Crippen LogP contribution in [0.25, 0.3) is 5.65 Å². The summed E-state index contributed by atoms with van der Waals surface area (Å²) in [6.45, 7) is 10.0. The van der Waals surface area contributed by atoms with Gasteiger partial charge in [0.25, 0.3) is 5.91 Å². The molecule has 0 spiro atoms. The Morgan fingerprint density at radius 1 is 1.00 bits per heavy atom. The minimum atomic E-state index is 0.00346. The molecule has 3 aromatic rings. The van der Waals surface area contributed by atoms with E-state index in [1.54, 1.807) is 7.11 Å². The number of aromatic nitrogens is 2. The first-order chi connectivity index (χ1) is 14.9. The molecule has 0 N–H and O–H groups in total. The van der Waals surface area contributed by atoms with E-state index in [0.29, 0.717) is 24.6 Å². The second-order valence-electron chi connectivity index (χ2n) is 8.18. The topological polar surface area (TPSA) is 59.3 Å². The number of fused-ring (bicyclic) bond motifs is 1. The van der Waals surface area contributed by atoms with Crippen LogP contribution in [-0.2, 0) is 11.3 Å². The number of carbonyl (C=O) groups excluding carboxylic acids is 1. The predicted octanol–water partition coefficient (Wildman–Crippen LogP) is 2.99. The van der Waals surface area contributed by atoms with Crippen LogP contribution in [0.5, 0.6) is 11.5 Å². The Kier molecular flexibility index (Phi) is 6.13. The van der Waals surface area contributed by atoms with Gasteiger partial charge in [-0.25, -0.2) is 4.98 Å². The lowest BCUT2D eigenvalue weighted by Crippen LogP contribution is -2.49. The molecule has 7 nitrogen and oxygen atoms in total. The average Bonchev–Trinajstić information content (AvgIpc) is 3.07. The first-order valence-corrected chi connectivity index (χ1v) is 10.7. The molecule has 3 heterocycles. The van der Waals surface area contributed by atoms with Crippen molar-refractivity contribution in [3.63, 3.8) is 0 Å². The number of aryl methyl sites for hydroxylation is 3. The highest BCUT2D eigenvalue weighted by molar-refractivity contribution is 5.78. The Morgan fingerprint density at radius 2 is 1.74 bits per heavy atom. The van der Waals surface area contributed by atoms with E-state index in [-0.39, 0.29) is 12.5 Å². The van der Waals surface area contributed by atoms with Crippen molar-refractivity contribution < 1.29 is 14.3 Å². The fourth-order valence-corrected chi connectivity index (χ4v) is 4.00. The lowest BCUT2D eigenvalue weighted by molar-refractivity contribution is -0.135. The van der Waals surface area contributed by atoms with Crippen LogP contribution in [0.2, 0.25) is 0 Å². The Bertz CT molecular complexity index is 1080. The molecule has 0 radical (unpaired) electrons. The van der Waals surface area contributed by atoms with Crippen molar-refractivity contribution in [2.24, 2.45) is 0 Å². The first kappa shape index (κ1) is 21.2. The van der Waals surface area contributed by atoms with Crippen LogP contribution in [0, 0.1) is 20.8 Å². The fraction of sp³-hybridized carbons (Fsp3) is 0.417. The van der Waals surface area contributed by atoms with Gasteiger partial charge in [0.2, 0.25) is 0 Å². The van der Waals surface area contributed by atoms with E-state index >= 15 is 0 Å². The minimum Gasteiger partial charge on any atom is -0.493 e. The van der Waals surface area contributed by atoms with Crippen LogP contribution < -0.4 is 9.47 Å². The molecule has 0 unspecified atom stereocenters. The molecule has 1 saturated heterocycles. The number of methoxy groups -OCH3 is 1. The Morgan fingerprint density at radius 3 is 2.48 bits per heavy atom. The van der Waals surface area contributed by atoms with Crippen molar-refractivity contribution in [3.8, 4) is 11.5 Å². The summed E-state index contributed by atoms with van der Waals surface area (Å²) in [7, 11) is 1.61. The van der Waals surface area contributed by atoms with Crippen molar-refractivity contribution in [3.05, 3.63) is 59.0 Å². The van der Waals surface area contributed by atoms with Gasteiger partial charge in [-0.1, -0.05) is 6.07 Å². The molecule has 1 aliphatic heterocycles. The van der Waals surface area contributed by atoms with Crippen molar-refractivity contribution in [2.45, 2.75) is 27.3 Å². The lowest BCUT2D eigenvalue weighted by atomic mass is 10.2. The van der Waals surface area contributed by atoms with E-state index in [9.17, 15) is 4.79 Å². The SMILES string of the molecule is COc1cc(C)ccc1OCC(=O)N1CCN(Cc2c(C)nc3cc(C)ccn23)CC1. The van der Waals surface area contributed by atoms with E-state index in [4.69, 9.17) is 14.5 Å². The highest BCUT2D eigenvalue weighted by atomic mass is 16.5. The summed E-state index contributed by atoms with van der Waals surface area (Å²) in [5, 5.41) is 0. The average molecular weight is 423 g/mol. The van der Waals surface area contributed by atoms with Crippen molar-refractivity contribution in [1.82, 2.24) is 19.2 Å². The summed E-state index contributed by atoms with van der Waals surface area (Å²) in [6.07, 6.45) is 2.09. The summed E-state index contributed by atoms with van der Waals surface area (Å²) >= 11 is 0. The molecule has 1 aromatic carbocycles. The molecule has 0 aliphatic carbocycles. The monoisotopic (exact) mass is 422 g/mol. The van der Waals surface area contributed by atoms with Crippen LogP contribution in [0.3, 0.4) is 0 Å². The zero-order valence-electron chi connectivity index (χ0n) is 18.7. The minimum absolute atomic E-state index is 0.00346. The molecule has 0 saturated carbocycles. The number of piperazine rings is 1. The van der Waals surface area contributed by atoms with Gasteiger partial charge in [0.05, 0.1) is 18.5 Å². The van der Waals surface area contributed by atoms with Crippen LogP contribution in [0.4, 0.5) is 0 Å². The third-order valence-electron chi connectivity index (χ3n) is 5.85. The molecular weight excluding hydrogens is 392 g/mol. The van der Waals surface area contributed by atoms with Gasteiger partial charge in [0.15, 0.2) is 18.1 Å². The van der Waals surface area contributed by atoms with E-state index < -0.39 is 0 Å².